The highest BCUT2D eigenvalue weighted by Gasteiger charge is 2.13. The Kier molecular flexibility index (Phi) is 2.15. The van der Waals surface area contributed by atoms with E-state index < -0.39 is 9.84 Å². The number of allylic oxidation sites excluding steroid dienone is 1. The van der Waals surface area contributed by atoms with E-state index in [-0.39, 0.29) is 5.75 Å². The van der Waals surface area contributed by atoms with Crippen molar-refractivity contribution in [2.75, 3.05) is 11.5 Å². The van der Waals surface area contributed by atoms with Crippen LogP contribution in [-0.2, 0) is 9.84 Å². The Balaban J connectivity index is 2.79. The van der Waals surface area contributed by atoms with Gasteiger partial charge < -0.3 is 0 Å². The first kappa shape index (κ1) is 7.53. The number of hydrogen-bond donors (Lipinski definition) is 0. The normalized spacial score (nSPS) is 25.2. The molecule has 9 heavy (non-hydrogen) atoms. The van der Waals surface area contributed by atoms with Crippen molar-refractivity contribution in [1.82, 2.24) is 0 Å². The van der Waals surface area contributed by atoms with Crippen LogP contribution in [-0.4, -0.2) is 19.9 Å². The molecule has 0 aromatic heterocycles. The topological polar surface area (TPSA) is 34.1 Å². The van der Waals surface area contributed by atoms with Crippen LogP contribution in [0.4, 0.5) is 0 Å². The van der Waals surface area contributed by atoms with E-state index in [9.17, 15) is 8.42 Å². The zero-order valence-corrected chi connectivity index (χ0v) is 7.78. The Morgan fingerprint density at radius 1 is 1.56 bits per heavy atom. The van der Waals surface area contributed by atoms with Crippen molar-refractivity contribution in [3.05, 3.63) is 9.66 Å². The number of rotatable bonds is 0. The molecule has 0 N–H and O–H groups in total. The maximum atomic E-state index is 10.7. The number of halogens is 1. The lowest BCUT2D eigenvalue weighted by Crippen LogP contribution is -2.13. The van der Waals surface area contributed by atoms with Crippen LogP contribution in [0.2, 0.25) is 0 Å². The van der Waals surface area contributed by atoms with Gasteiger partial charge in [0.25, 0.3) is 0 Å². The number of hydrogen-bond acceptors (Lipinski definition) is 2. The minimum atomic E-state index is -2.70. The van der Waals surface area contributed by atoms with Gasteiger partial charge in [0.05, 0.1) is 11.5 Å². The fraction of sp³-hybridized carbons (Fsp3) is 0.600. The van der Waals surface area contributed by atoms with Crippen LogP contribution in [0.5, 0.6) is 0 Å². The molecule has 0 atom stereocenters. The minimum Gasteiger partial charge on any atom is -0.229 e. The summed E-state index contributed by atoms with van der Waals surface area (Å²) in [4.78, 5) is 0. The summed E-state index contributed by atoms with van der Waals surface area (Å²) in [6.07, 6.45) is 2.49. The molecule has 0 bridgehead atoms. The molecular weight excluding hydrogens is 251 g/mol. The van der Waals surface area contributed by atoms with E-state index in [1.54, 1.807) is 6.08 Å². The van der Waals surface area contributed by atoms with Gasteiger partial charge in [0.15, 0.2) is 9.84 Å². The third-order valence-electron chi connectivity index (χ3n) is 1.21. The molecule has 52 valence electrons. The van der Waals surface area contributed by atoms with Crippen LogP contribution >= 0.6 is 22.6 Å². The fourth-order valence-electron chi connectivity index (χ4n) is 0.656. The molecule has 0 amide bonds. The summed E-state index contributed by atoms with van der Waals surface area (Å²) in [5.41, 5.74) is 0. The van der Waals surface area contributed by atoms with Gasteiger partial charge in [-0.05, 0) is 32.6 Å². The molecule has 0 aromatic rings. The van der Waals surface area contributed by atoms with Crippen molar-refractivity contribution in [1.29, 1.82) is 0 Å². The molecule has 4 heteroatoms. The molecule has 2 nitrogen and oxygen atoms in total. The van der Waals surface area contributed by atoms with E-state index in [2.05, 4.69) is 22.6 Å². The minimum absolute atomic E-state index is 0.241. The summed E-state index contributed by atoms with van der Waals surface area (Å²) < 4.78 is 22.7. The molecule has 0 saturated heterocycles. The average molecular weight is 258 g/mol. The Bertz CT molecular complexity index is 227. The van der Waals surface area contributed by atoms with Crippen molar-refractivity contribution in [2.24, 2.45) is 0 Å². The van der Waals surface area contributed by atoms with Gasteiger partial charge in [-0.15, -0.1) is 0 Å². The van der Waals surface area contributed by atoms with Gasteiger partial charge >= 0.3 is 0 Å². The molecule has 1 aliphatic rings. The highest BCUT2D eigenvalue weighted by atomic mass is 127. The fourth-order valence-corrected chi connectivity index (χ4v) is 2.96. The van der Waals surface area contributed by atoms with E-state index in [0.717, 1.165) is 0 Å². The lowest BCUT2D eigenvalue weighted by molar-refractivity contribution is 0.597. The first-order valence-corrected chi connectivity index (χ1v) is 5.55. The SMILES string of the molecule is O=S1(=O)CC=C(I)CC1. The van der Waals surface area contributed by atoms with Gasteiger partial charge in [-0.2, -0.15) is 0 Å². The molecule has 0 aliphatic carbocycles. The standard InChI is InChI=1S/C5H7IO2S/c6-5-1-3-9(7,8)4-2-5/h1H,2-4H2. The van der Waals surface area contributed by atoms with Crippen molar-refractivity contribution < 1.29 is 8.42 Å². The Morgan fingerprint density at radius 3 is 2.56 bits per heavy atom. The lowest BCUT2D eigenvalue weighted by Gasteiger charge is -2.06. The van der Waals surface area contributed by atoms with Crippen LogP contribution < -0.4 is 0 Å². The van der Waals surface area contributed by atoms with Crippen LogP contribution in [0.1, 0.15) is 6.42 Å². The highest BCUT2D eigenvalue weighted by Crippen LogP contribution is 2.17. The molecule has 0 radical (unpaired) electrons. The maximum Gasteiger partial charge on any atom is 0.154 e. The summed E-state index contributed by atoms with van der Waals surface area (Å²) in [6.45, 7) is 0. The molecule has 0 unspecified atom stereocenters. The van der Waals surface area contributed by atoms with Crippen molar-refractivity contribution in [3.63, 3.8) is 0 Å². The zero-order chi connectivity index (χ0) is 6.91. The molecule has 1 rings (SSSR count). The number of sulfone groups is 1. The quantitative estimate of drug-likeness (QED) is 0.610. The monoisotopic (exact) mass is 258 g/mol. The highest BCUT2D eigenvalue weighted by molar-refractivity contribution is 14.1. The van der Waals surface area contributed by atoms with Crippen LogP contribution in [0.3, 0.4) is 0 Å². The first-order chi connectivity index (χ1) is 4.10. The summed E-state index contributed by atoms with van der Waals surface area (Å²) >= 11 is 2.17. The second-order valence-corrected chi connectivity index (χ2v) is 5.63. The van der Waals surface area contributed by atoms with E-state index >= 15 is 0 Å². The van der Waals surface area contributed by atoms with Crippen LogP contribution in [0, 0.1) is 0 Å². The zero-order valence-electron chi connectivity index (χ0n) is 4.80. The van der Waals surface area contributed by atoms with Gasteiger partial charge in [0.2, 0.25) is 0 Å². The third-order valence-corrected chi connectivity index (χ3v) is 3.69. The van der Waals surface area contributed by atoms with E-state index in [4.69, 9.17) is 0 Å². The third kappa shape index (κ3) is 2.25. The summed E-state index contributed by atoms with van der Waals surface area (Å²) in [7, 11) is -2.70. The second-order valence-electron chi connectivity index (χ2n) is 2.02. The van der Waals surface area contributed by atoms with Gasteiger partial charge in [-0.3, -0.25) is 0 Å². The first-order valence-electron chi connectivity index (χ1n) is 2.65. The molecule has 0 spiro atoms. The average Bonchev–Trinajstić information content (AvgIpc) is 1.78. The van der Waals surface area contributed by atoms with Crippen LogP contribution in [0.25, 0.3) is 0 Å². The van der Waals surface area contributed by atoms with Gasteiger partial charge in [0.1, 0.15) is 0 Å². The smallest absolute Gasteiger partial charge is 0.154 e. The molecule has 0 saturated carbocycles. The molecule has 0 aromatic carbocycles. The van der Waals surface area contributed by atoms with Crippen molar-refractivity contribution in [3.8, 4) is 0 Å². The lowest BCUT2D eigenvalue weighted by atomic mass is 10.4. The second kappa shape index (κ2) is 2.57. The predicted octanol–water partition coefficient (Wildman–Crippen LogP) is 1.12. The van der Waals surface area contributed by atoms with E-state index in [0.29, 0.717) is 12.2 Å². The molecular formula is C5H7IO2S. The van der Waals surface area contributed by atoms with Gasteiger partial charge in [-0.1, -0.05) is 6.08 Å². The van der Waals surface area contributed by atoms with Gasteiger partial charge in [0, 0.05) is 0 Å². The van der Waals surface area contributed by atoms with Crippen LogP contribution in [0.15, 0.2) is 9.66 Å². The Hall–Kier alpha value is 0.420. The molecule has 1 heterocycles. The maximum absolute atomic E-state index is 10.7. The summed E-state index contributed by atoms with van der Waals surface area (Å²) in [5, 5.41) is 0. The van der Waals surface area contributed by atoms with E-state index in [1.807, 2.05) is 0 Å². The predicted molar refractivity (Wildman–Crippen MR) is 45.4 cm³/mol. The van der Waals surface area contributed by atoms with Gasteiger partial charge in [-0.25, -0.2) is 8.42 Å². The molecule has 0 fully saturated rings. The Morgan fingerprint density at radius 2 is 2.22 bits per heavy atom. The van der Waals surface area contributed by atoms with Crippen molar-refractivity contribution >= 4 is 32.4 Å². The molecule has 1 aliphatic heterocycles. The summed E-state index contributed by atoms with van der Waals surface area (Å²) in [6, 6.07) is 0. The largest absolute Gasteiger partial charge is 0.229 e. The van der Waals surface area contributed by atoms with E-state index in [1.165, 1.54) is 3.58 Å². The van der Waals surface area contributed by atoms with Crippen molar-refractivity contribution in [2.45, 2.75) is 6.42 Å². The summed E-state index contributed by atoms with van der Waals surface area (Å²) in [5.74, 6) is 0.576. The Labute approximate surface area is 68.4 Å².